The van der Waals surface area contributed by atoms with E-state index in [4.69, 9.17) is 15.9 Å². The maximum Gasteiger partial charge on any atom is 0.335 e. The lowest BCUT2D eigenvalue weighted by Gasteiger charge is -2.11. The van der Waals surface area contributed by atoms with Gasteiger partial charge in [0.2, 0.25) is 5.91 Å². The highest BCUT2D eigenvalue weighted by molar-refractivity contribution is 5.98. The van der Waals surface area contributed by atoms with Crippen molar-refractivity contribution in [3.05, 3.63) is 29.3 Å². The Hall–Kier alpha value is -2.41. The maximum atomic E-state index is 11.8. The van der Waals surface area contributed by atoms with Crippen LogP contribution in [0.1, 0.15) is 40.0 Å². The normalized spacial score (nSPS) is 15.3. The molecule has 21 heavy (non-hydrogen) atoms. The molecular formula is C14H16N2O5. The number of hydrogen-bond donors (Lipinski definition) is 4. The Labute approximate surface area is 120 Å². The lowest BCUT2D eigenvalue weighted by Crippen LogP contribution is -2.29. The van der Waals surface area contributed by atoms with Crippen LogP contribution in [0.5, 0.6) is 0 Å². The molecular weight excluding hydrogens is 276 g/mol. The minimum absolute atomic E-state index is 0.129. The van der Waals surface area contributed by atoms with E-state index in [2.05, 4.69) is 5.32 Å². The summed E-state index contributed by atoms with van der Waals surface area (Å²) in [6, 6.07) is 3.26. The van der Waals surface area contributed by atoms with Gasteiger partial charge in [-0.05, 0) is 37.0 Å². The first-order valence-corrected chi connectivity index (χ1v) is 6.54. The van der Waals surface area contributed by atoms with Gasteiger partial charge in [0.1, 0.15) is 0 Å². The van der Waals surface area contributed by atoms with E-state index in [9.17, 15) is 14.4 Å². The summed E-state index contributed by atoms with van der Waals surface area (Å²) in [5.74, 6) is -2.50. The van der Waals surface area contributed by atoms with Crippen molar-refractivity contribution in [2.75, 3.05) is 5.32 Å². The Bertz CT molecular complexity index is 563. The quantitative estimate of drug-likeness (QED) is 0.622. The zero-order valence-electron chi connectivity index (χ0n) is 11.2. The van der Waals surface area contributed by atoms with E-state index in [-0.39, 0.29) is 35.2 Å². The van der Waals surface area contributed by atoms with Crippen LogP contribution in [-0.2, 0) is 4.79 Å². The molecule has 0 bridgehead atoms. The zero-order chi connectivity index (χ0) is 15.6. The average Bonchev–Trinajstić information content (AvgIpc) is 3.22. The lowest BCUT2D eigenvalue weighted by molar-refractivity contribution is -0.116. The first-order chi connectivity index (χ1) is 9.86. The molecule has 7 nitrogen and oxygen atoms in total. The molecule has 0 spiro atoms. The van der Waals surface area contributed by atoms with Crippen molar-refractivity contribution in [2.45, 2.75) is 25.3 Å². The Kier molecular flexibility index (Phi) is 4.23. The van der Waals surface area contributed by atoms with Gasteiger partial charge in [0.15, 0.2) is 0 Å². The first kappa shape index (κ1) is 15.0. The molecule has 1 aliphatic carbocycles. The number of nitrogens with one attached hydrogen (secondary N) is 1. The second-order valence-electron chi connectivity index (χ2n) is 5.16. The van der Waals surface area contributed by atoms with Gasteiger partial charge in [0, 0.05) is 18.2 Å². The standard InChI is InChI=1S/C14H16N2O5/c15-11(7-1-2-7)6-12(17)16-10-4-8(13(18)19)3-9(5-10)14(20)21/h3-5,7,11H,1-2,6,15H2,(H,16,17)(H,18,19)(H,20,21). The molecule has 0 aromatic heterocycles. The van der Waals surface area contributed by atoms with Crippen LogP contribution in [0.4, 0.5) is 5.69 Å². The molecule has 1 unspecified atom stereocenters. The van der Waals surface area contributed by atoms with E-state index in [0.29, 0.717) is 5.92 Å². The Morgan fingerprint density at radius 1 is 1.14 bits per heavy atom. The number of carbonyl (C=O) groups is 3. The van der Waals surface area contributed by atoms with Gasteiger partial charge in [-0.15, -0.1) is 0 Å². The third-order valence-electron chi connectivity index (χ3n) is 3.36. The van der Waals surface area contributed by atoms with Crippen LogP contribution in [-0.4, -0.2) is 34.1 Å². The summed E-state index contributed by atoms with van der Waals surface area (Å²) in [6.45, 7) is 0. The topological polar surface area (TPSA) is 130 Å². The number of anilines is 1. The van der Waals surface area contributed by atoms with Gasteiger partial charge in [0.25, 0.3) is 0 Å². The Morgan fingerprint density at radius 3 is 2.10 bits per heavy atom. The van der Waals surface area contributed by atoms with E-state index in [1.807, 2.05) is 0 Å². The average molecular weight is 292 g/mol. The van der Waals surface area contributed by atoms with Gasteiger partial charge in [-0.3, -0.25) is 4.79 Å². The predicted octanol–water partition coefficient (Wildman–Crippen LogP) is 1.15. The largest absolute Gasteiger partial charge is 0.478 e. The molecule has 0 saturated heterocycles. The molecule has 2 rings (SSSR count). The molecule has 112 valence electrons. The van der Waals surface area contributed by atoms with Crippen LogP contribution in [0.3, 0.4) is 0 Å². The van der Waals surface area contributed by atoms with Gasteiger partial charge < -0.3 is 21.3 Å². The Morgan fingerprint density at radius 2 is 1.67 bits per heavy atom. The molecule has 0 radical (unpaired) electrons. The molecule has 1 fully saturated rings. The van der Waals surface area contributed by atoms with Crippen molar-refractivity contribution in [3.63, 3.8) is 0 Å². The molecule has 1 aromatic carbocycles. The summed E-state index contributed by atoms with van der Waals surface area (Å²) in [5, 5.41) is 20.4. The van der Waals surface area contributed by atoms with Crippen molar-refractivity contribution >= 4 is 23.5 Å². The number of carboxylic acids is 2. The van der Waals surface area contributed by atoms with Crippen LogP contribution in [0.25, 0.3) is 0 Å². The van der Waals surface area contributed by atoms with E-state index >= 15 is 0 Å². The molecule has 0 aliphatic heterocycles. The summed E-state index contributed by atoms with van der Waals surface area (Å²) in [6.07, 6.45) is 2.17. The highest BCUT2D eigenvalue weighted by Crippen LogP contribution is 2.32. The van der Waals surface area contributed by atoms with Gasteiger partial charge in [-0.25, -0.2) is 9.59 Å². The molecule has 1 saturated carbocycles. The summed E-state index contributed by atoms with van der Waals surface area (Å²) >= 11 is 0. The fourth-order valence-corrected chi connectivity index (χ4v) is 2.06. The number of carbonyl (C=O) groups excluding carboxylic acids is 1. The van der Waals surface area contributed by atoms with Crippen LogP contribution < -0.4 is 11.1 Å². The summed E-state index contributed by atoms with van der Waals surface area (Å²) < 4.78 is 0. The summed E-state index contributed by atoms with van der Waals surface area (Å²) in [5.41, 5.74) is 5.58. The van der Waals surface area contributed by atoms with Gasteiger partial charge in [-0.2, -0.15) is 0 Å². The molecule has 1 amide bonds. The second kappa shape index (κ2) is 5.92. The molecule has 5 N–H and O–H groups in total. The lowest BCUT2D eigenvalue weighted by atomic mass is 10.1. The van der Waals surface area contributed by atoms with E-state index in [1.165, 1.54) is 12.1 Å². The first-order valence-electron chi connectivity index (χ1n) is 6.54. The van der Waals surface area contributed by atoms with Crippen molar-refractivity contribution < 1.29 is 24.6 Å². The van der Waals surface area contributed by atoms with Crippen LogP contribution in [0, 0.1) is 5.92 Å². The highest BCUT2D eigenvalue weighted by Gasteiger charge is 2.29. The van der Waals surface area contributed by atoms with E-state index in [0.717, 1.165) is 18.9 Å². The molecule has 0 heterocycles. The molecule has 7 heteroatoms. The monoisotopic (exact) mass is 292 g/mol. The van der Waals surface area contributed by atoms with E-state index < -0.39 is 11.9 Å². The Balaban J connectivity index is 2.12. The third-order valence-corrected chi connectivity index (χ3v) is 3.36. The molecule has 1 aliphatic rings. The number of carboxylic acid groups (broad SMARTS) is 2. The predicted molar refractivity (Wildman–Crippen MR) is 74.3 cm³/mol. The van der Waals surface area contributed by atoms with Gasteiger partial charge in [-0.1, -0.05) is 0 Å². The second-order valence-corrected chi connectivity index (χ2v) is 5.16. The fraction of sp³-hybridized carbons (Fsp3) is 0.357. The number of aromatic carboxylic acids is 2. The minimum Gasteiger partial charge on any atom is -0.478 e. The number of rotatable bonds is 6. The van der Waals surface area contributed by atoms with Gasteiger partial charge in [0.05, 0.1) is 11.1 Å². The summed E-state index contributed by atoms with van der Waals surface area (Å²) in [7, 11) is 0. The van der Waals surface area contributed by atoms with Crippen LogP contribution in [0.15, 0.2) is 18.2 Å². The number of benzene rings is 1. The SMILES string of the molecule is NC(CC(=O)Nc1cc(C(=O)O)cc(C(=O)O)c1)C1CC1. The number of hydrogen-bond acceptors (Lipinski definition) is 4. The smallest absolute Gasteiger partial charge is 0.335 e. The third kappa shape index (κ3) is 4.03. The van der Waals surface area contributed by atoms with E-state index in [1.54, 1.807) is 0 Å². The molecule has 1 atom stereocenters. The van der Waals surface area contributed by atoms with Gasteiger partial charge >= 0.3 is 11.9 Å². The summed E-state index contributed by atoms with van der Waals surface area (Å²) in [4.78, 5) is 33.8. The zero-order valence-corrected chi connectivity index (χ0v) is 11.2. The van der Waals surface area contributed by atoms with Crippen molar-refractivity contribution in [3.8, 4) is 0 Å². The van der Waals surface area contributed by atoms with Crippen molar-refractivity contribution in [1.82, 2.24) is 0 Å². The van der Waals surface area contributed by atoms with Crippen LogP contribution >= 0.6 is 0 Å². The van der Waals surface area contributed by atoms with Crippen molar-refractivity contribution in [1.29, 1.82) is 0 Å². The molecule has 1 aromatic rings. The minimum atomic E-state index is -1.26. The van der Waals surface area contributed by atoms with Crippen molar-refractivity contribution in [2.24, 2.45) is 11.7 Å². The maximum absolute atomic E-state index is 11.8. The number of nitrogens with two attached hydrogens (primary N) is 1. The number of amides is 1. The highest BCUT2D eigenvalue weighted by atomic mass is 16.4. The van der Waals surface area contributed by atoms with Crippen LogP contribution in [0.2, 0.25) is 0 Å². The fourth-order valence-electron chi connectivity index (χ4n) is 2.06.